The van der Waals surface area contributed by atoms with E-state index >= 15 is 0 Å². The van der Waals surface area contributed by atoms with E-state index in [1.165, 1.54) is 19.3 Å². The van der Waals surface area contributed by atoms with Crippen LogP contribution in [0.2, 0.25) is 0 Å². The highest BCUT2D eigenvalue weighted by molar-refractivity contribution is 5.69. The molecule has 154 valence electrons. The average molecular weight is 373 g/mol. The van der Waals surface area contributed by atoms with E-state index < -0.39 is 0 Å². The van der Waals surface area contributed by atoms with Gasteiger partial charge in [-0.2, -0.15) is 0 Å². The van der Waals surface area contributed by atoms with Gasteiger partial charge in [0.25, 0.3) is 0 Å². The van der Waals surface area contributed by atoms with Crippen molar-refractivity contribution in [2.24, 2.45) is 11.8 Å². The first-order chi connectivity index (χ1) is 12.5. The summed E-state index contributed by atoms with van der Waals surface area (Å²) in [4.78, 5) is 23.4. The molecule has 0 aromatic heterocycles. The first-order valence-corrected chi connectivity index (χ1v) is 10.3. The summed E-state index contributed by atoms with van der Waals surface area (Å²) in [6.45, 7) is 7.90. The molecule has 0 amide bonds. The molecule has 0 aliphatic heterocycles. The molecule has 5 heteroatoms. The molecule has 1 unspecified atom stereocenters. The molecule has 26 heavy (non-hydrogen) atoms. The third-order valence-corrected chi connectivity index (χ3v) is 4.27. The average Bonchev–Trinajstić information content (AvgIpc) is 2.61. The number of carbonyl (C=O) groups is 2. The smallest absolute Gasteiger partial charge is 0.305 e. The summed E-state index contributed by atoms with van der Waals surface area (Å²) in [5, 5.41) is 0. The summed E-state index contributed by atoms with van der Waals surface area (Å²) >= 11 is 0. The third-order valence-electron chi connectivity index (χ3n) is 4.27. The number of hydrogen-bond acceptors (Lipinski definition) is 5. The minimum atomic E-state index is -0.144. The number of hydrogen-bond donors (Lipinski definition) is 0. The van der Waals surface area contributed by atoms with Crippen molar-refractivity contribution in [3.05, 3.63) is 0 Å². The molecule has 0 heterocycles. The second kappa shape index (κ2) is 17.3. The third kappa shape index (κ3) is 16.4. The Morgan fingerprint density at radius 3 is 1.96 bits per heavy atom. The number of carbonyl (C=O) groups excluding carboxylic acids is 2. The molecular formula is C21H40O5. The van der Waals surface area contributed by atoms with E-state index in [4.69, 9.17) is 14.2 Å². The van der Waals surface area contributed by atoms with E-state index in [-0.39, 0.29) is 11.9 Å². The van der Waals surface area contributed by atoms with Crippen LogP contribution in [0.5, 0.6) is 0 Å². The van der Waals surface area contributed by atoms with Crippen LogP contribution in [0.25, 0.3) is 0 Å². The Hall–Kier alpha value is -1.10. The molecule has 0 saturated carbocycles. The van der Waals surface area contributed by atoms with Crippen molar-refractivity contribution in [2.75, 3.05) is 26.9 Å². The van der Waals surface area contributed by atoms with Gasteiger partial charge in [0, 0.05) is 26.6 Å². The molecule has 5 nitrogen and oxygen atoms in total. The van der Waals surface area contributed by atoms with Gasteiger partial charge in [-0.05, 0) is 37.5 Å². The summed E-state index contributed by atoms with van der Waals surface area (Å²) in [6.07, 6.45) is 8.83. The van der Waals surface area contributed by atoms with E-state index in [0.29, 0.717) is 44.5 Å². The number of unbranched alkanes of at least 4 members (excludes halogenated alkanes) is 4. The van der Waals surface area contributed by atoms with Crippen LogP contribution >= 0.6 is 0 Å². The van der Waals surface area contributed by atoms with Gasteiger partial charge < -0.3 is 14.2 Å². The lowest BCUT2D eigenvalue weighted by molar-refractivity contribution is -0.145. The second-order valence-electron chi connectivity index (χ2n) is 7.46. The molecule has 0 bridgehead atoms. The maximum absolute atomic E-state index is 11.9. The van der Waals surface area contributed by atoms with Gasteiger partial charge in [-0.15, -0.1) is 0 Å². The highest BCUT2D eigenvalue weighted by Crippen LogP contribution is 2.15. The van der Waals surface area contributed by atoms with Gasteiger partial charge in [-0.3, -0.25) is 9.59 Å². The zero-order valence-electron chi connectivity index (χ0n) is 17.4. The number of esters is 2. The minimum Gasteiger partial charge on any atom is -0.465 e. The SMILES string of the molecule is CCCCCC(CCOC)COC(=O)CCCCCC(=O)OCC(C)C. The molecule has 0 radical (unpaired) electrons. The van der Waals surface area contributed by atoms with E-state index in [9.17, 15) is 9.59 Å². The predicted molar refractivity (Wildman–Crippen MR) is 104 cm³/mol. The van der Waals surface area contributed by atoms with Gasteiger partial charge in [0.15, 0.2) is 0 Å². The highest BCUT2D eigenvalue weighted by Gasteiger charge is 2.12. The Kier molecular flexibility index (Phi) is 16.6. The van der Waals surface area contributed by atoms with Crippen LogP contribution in [0, 0.1) is 11.8 Å². The van der Waals surface area contributed by atoms with Gasteiger partial charge in [0.2, 0.25) is 0 Å². The maximum Gasteiger partial charge on any atom is 0.305 e. The van der Waals surface area contributed by atoms with Crippen molar-refractivity contribution in [3.63, 3.8) is 0 Å². The quantitative estimate of drug-likeness (QED) is 0.268. The van der Waals surface area contributed by atoms with Gasteiger partial charge in [-0.1, -0.05) is 46.5 Å². The number of methoxy groups -OCH3 is 1. The first-order valence-electron chi connectivity index (χ1n) is 10.3. The van der Waals surface area contributed by atoms with Crippen molar-refractivity contribution < 1.29 is 23.8 Å². The van der Waals surface area contributed by atoms with Crippen LogP contribution in [-0.2, 0) is 23.8 Å². The van der Waals surface area contributed by atoms with Crippen molar-refractivity contribution in [3.8, 4) is 0 Å². The molecule has 0 N–H and O–H groups in total. The van der Waals surface area contributed by atoms with Crippen molar-refractivity contribution >= 4 is 11.9 Å². The van der Waals surface area contributed by atoms with Crippen LogP contribution in [0.4, 0.5) is 0 Å². The Morgan fingerprint density at radius 1 is 0.808 bits per heavy atom. The lowest BCUT2D eigenvalue weighted by Gasteiger charge is -2.16. The largest absolute Gasteiger partial charge is 0.465 e. The van der Waals surface area contributed by atoms with E-state index in [0.717, 1.165) is 32.1 Å². The van der Waals surface area contributed by atoms with Gasteiger partial charge in [0.1, 0.15) is 0 Å². The summed E-state index contributed by atoms with van der Waals surface area (Å²) in [5.41, 5.74) is 0. The normalized spacial score (nSPS) is 12.2. The van der Waals surface area contributed by atoms with E-state index in [2.05, 4.69) is 6.92 Å². The standard InChI is InChI=1S/C21H40O5/c1-5-6-8-11-19(14-15-24-4)17-26-21(23)13-10-7-9-12-20(22)25-16-18(2)3/h18-19H,5-17H2,1-4H3. The van der Waals surface area contributed by atoms with Gasteiger partial charge >= 0.3 is 11.9 Å². The lowest BCUT2D eigenvalue weighted by atomic mass is 9.99. The first kappa shape index (κ1) is 24.9. The molecule has 0 aliphatic rings. The fourth-order valence-corrected chi connectivity index (χ4v) is 2.61. The van der Waals surface area contributed by atoms with Crippen molar-refractivity contribution in [1.29, 1.82) is 0 Å². The molecule has 1 atom stereocenters. The zero-order chi connectivity index (χ0) is 19.6. The summed E-state index contributed by atoms with van der Waals surface area (Å²) in [7, 11) is 1.70. The lowest BCUT2D eigenvalue weighted by Crippen LogP contribution is -2.16. The maximum atomic E-state index is 11.9. The van der Waals surface area contributed by atoms with E-state index in [1.807, 2.05) is 13.8 Å². The molecule has 0 aromatic carbocycles. The fourth-order valence-electron chi connectivity index (χ4n) is 2.61. The predicted octanol–water partition coefficient (Wildman–Crippen LogP) is 4.91. The molecule has 0 aliphatic carbocycles. The van der Waals surface area contributed by atoms with Gasteiger partial charge in [-0.25, -0.2) is 0 Å². The molecule has 0 fully saturated rings. The Balaban J connectivity index is 3.76. The zero-order valence-corrected chi connectivity index (χ0v) is 17.4. The minimum absolute atomic E-state index is 0.134. The van der Waals surface area contributed by atoms with Crippen molar-refractivity contribution in [2.45, 2.75) is 85.0 Å². The van der Waals surface area contributed by atoms with E-state index in [1.54, 1.807) is 7.11 Å². The van der Waals surface area contributed by atoms with Crippen LogP contribution in [0.15, 0.2) is 0 Å². The Labute approximate surface area is 160 Å². The second-order valence-corrected chi connectivity index (χ2v) is 7.46. The molecule has 0 spiro atoms. The van der Waals surface area contributed by atoms with Crippen LogP contribution in [0.3, 0.4) is 0 Å². The number of rotatable bonds is 17. The molecule has 0 aromatic rings. The monoisotopic (exact) mass is 372 g/mol. The summed E-state index contributed by atoms with van der Waals surface area (Å²) < 4.78 is 15.7. The van der Waals surface area contributed by atoms with Crippen LogP contribution < -0.4 is 0 Å². The fraction of sp³-hybridized carbons (Fsp3) is 0.905. The molecule has 0 rings (SSSR count). The van der Waals surface area contributed by atoms with Crippen molar-refractivity contribution in [1.82, 2.24) is 0 Å². The van der Waals surface area contributed by atoms with Crippen LogP contribution in [0.1, 0.15) is 85.0 Å². The Bertz CT molecular complexity index is 354. The highest BCUT2D eigenvalue weighted by atomic mass is 16.5. The summed E-state index contributed by atoms with van der Waals surface area (Å²) in [6, 6.07) is 0. The van der Waals surface area contributed by atoms with Crippen LogP contribution in [-0.4, -0.2) is 38.9 Å². The molecule has 0 saturated heterocycles. The van der Waals surface area contributed by atoms with Gasteiger partial charge in [0.05, 0.1) is 13.2 Å². The molecular weight excluding hydrogens is 332 g/mol. The Morgan fingerprint density at radius 2 is 1.42 bits per heavy atom. The topological polar surface area (TPSA) is 61.8 Å². The number of ether oxygens (including phenoxy) is 3. The summed E-state index contributed by atoms with van der Waals surface area (Å²) in [5.74, 6) is 0.476.